The molecular formula is C7H21MgNSi2. The van der Waals surface area contributed by atoms with E-state index in [9.17, 15) is 0 Å². The van der Waals surface area contributed by atoms with Gasteiger partial charge in [0.1, 0.15) is 0 Å². The molecule has 0 N–H and O–H groups in total. The monoisotopic (exact) mass is 199 g/mol. The largest absolute Gasteiger partial charge is 2.00 e. The molecule has 0 saturated heterocycles. The zero-order valence-corrected chi connectivity index (χ0v) is 12.6. The third kappa shape index (κ3) is 18.3. The van der Waals surface area contributed by atoms with Crippen LogP contribution in [-0.4, -0.2) is 39.5 Å². The zero-order valence-electron chi connectivity index (χ0n) is 9.15. The van der Waals surface area contributed by atoms with Gasteiger partial charge in [0.05, 0.1) is 0 Å². The molecule has 4 heteroatoms. The van der Waals surface area contributed by atoms with Crippen molar-refractivity contribution in [2.75, 3.05) is 0 Å². The first-order valence-corrected chi connectivity index (χ1v) is 10.3. The van der Waals surface area contributed by atoms with Gasteiger partial charge in [0, 0.05) is 0 Å². The van der Waals surface area contributed by atoms with E-state index in [1.807, 2.05) is 0 Å². The minimum atomic E-state index is -1.11. The van der Waals surface area contributed by atoms with Gasteiger partial charge in [-0.3, -0.25) is 0 Å². The Labute approximate surface area is 90.7 Å². The van der Waals surface area contributed by atoms with Crippen molar-refractivity contribution in [1.82, 2.24) is 0 Å². The fourth-order valence-electron chi connectivity index (χ4n) is 1.01. The molecule has 0 aromatic heterocycles. The SMILES string of the molecule is C[Si](C)(C)[N-][Si](C)(C)C.[CH3-].[Mg+2]. The van der Waals surface area contributed by atoms with Crippen LogP contribution in [0.2, 0.25) is 39.3 Å². The maximum absolute atomic E-state index is 4.82. The van der Waals surface area contributed by atoms with E-state index in [1.165, 1.54) is 0 Å². The first-order chi connectivity index (χ1) is 3.71. The first kappa shape index (κ1) is 18.0. The predicted octanol–water partition coefficient (Wildman–Crippen LogP) is 3.10. The number of hydrogen-bond donors (Lipinski definition) is 0. The number of rotatable bonds is 2. The van der Waals surface area contributed by atoms with Crippen LogP contribution in [0.1, 0.15) is 0 Å². The average molecular weight is 200 g/mol. The molecule has 0 spiro atoms. The van der Waals surface area contributed by atoms with Crippen molar-refractivity contribution >= 4 is 39.5 Å². The quantitative estimate of drug-likeness (QED) is 0.480. The van der Waals surface area contributed by atoms with E-state index in [-0.39, 0.29) is 30.5 Å². The predicted molar refractivity (Wildman–Crippen MR) is 62.2 cm³/mol. The van der Waals surface area contributed by atoms with Gasteiger partial charge in [-0.05, 0) is 0 Å². The Balaban J connectivity index is -0.000000320. The molecule has 11 heavy (non-hydrogen) atoms. The van der Waals surface area contributed by atoms with Crippen LogP contribution in [0.4, 0.5) is 0 Å². The summed E-state index contributed by atoms with van der Waals surface area (Å²) >= 11 is 0. The Hall–Kier alpha value is 1.16. The van der Waals surface area contributed by atoms with E-state index in [4.69, 9.17) is 4.65 Å². The molecule has 64 valence electrons. The summed E-state index contributed by atoms with van der Waals surface area (Å²) < 4.78 is 4.82. The van der Waals surface area contributed by atoms with Crippen molar-refractivity contribution in [1.29, 1.82) is 0 Å². The Bertz CT molecular complexity index is 81.6. The second-order valence-corrected chi connectivity index (χ2v) is 14.0. The molecule has 0 bridgehead atoms. The molecule has 1 nitrogen and oxygen atoms in total. The summed E-state index contributed by atoms with van der Waals surface area (Å²) in [5.74, 6) is 0. The van der Waals surface area contributed by atoms with Crippen LogP contribution in [0.3, 0.4) is 0 Å². The standard InChI is InChI=1S/C6H18NSi2.CH3.Mg/c1-8(2,3)7-9(4,5)6;;/h1-6H3;1H3;/q2*-1;+2. The maximum Gasteiger partial charge on any atom is 2.00 e. The second-order valence-electron chi connectivity index (χ2n) is 4.45. The summed E-state index contributed by atoms with van der Waals surface area (Å²) in [5.41, 5.74) is 0. The fraction of sp³-hybridized carbons (Fsp3) is 0.857. The summed E-state index contributed by atoms with van der Waals surface area (Å²) in [5, 5.41) is 0. The van der Waals surface area contributed by atoms with Gasteiger partial charge < -0.3 is 12.1 Å². The van der Waals surface area contributed by atoms with E-state index < -0.39 is 16.5 Å². The van der Waals surface area contributed by atoms with Gasteiger partial charge in [-0.15, -0.1) is 0 Å². The molecule has 0 aliphatic heterocycles. The summed E-state index contributed by atoms with van der Waals surface area (Å²) in [6.45, 7) is 13.8. The molecule has 0 amide bonds. The molecule has 0 radical (unpaired) electrons. The van der Waals surface area contributed by atoms with Gasteiger partial charge >= 0.3 is 23.1 Å². The van der Waals surface area contributed by atoms with E-state index in [0.717, 1.165) is 0 Å². The van der Waals surface area contributed by atoms with Crippen molar-refractivity contribution < 1.29 is 0 Å². The van der Waals surface area contributed by atoms with Crippen LogP contribution in [0, 0.1) is 7.43 Å². The van der Waals surface area contributed by atoms with Crippen molar-refractivity contribution in [2.45, 2.75) is 39.3 Å². The van der Waals surface area contributed by atoms with E-state index in [1.54, 1.807) is 0 Å². The van der Waals surface area contributed by atoms with E-state index in [0.29, 0.717) is 0 Å². The molecule has 0 aliphatic carbocycles. The molecule has 0 aromatic rings. The van der Waals surface area contributed by atoms with Crippen LogP contribution in [0.5, 0.6) is 0 Å². The maximum atomic E-state index is 4.82. The van der Waals surface area contributed by atoms with Gasteiger partial charge in [0.15, 0.2) is 0 Å². The molecule has 0 atom stereocenters. The second kappa shape index (κ2) is 5.75. The topological polar surface area (TPSA) is 14.1 Å². The minimum Gasteiger partial charge on any atom is -0.668 e. The van der Waals surface area contributed by atoms with Crippen LogP contribution in [-0.2, 0) is 0 Å². The van der Waals surface area contributed by atoms with Crippen LogP contribution in [0.25, 0.3) is 4.65 Å². The summed E-state index contributed by atoms with van der Waals surface area (Å²) in [6.07, 6.45) is 0. The normalized spacial score (nSPS) is 11.5. The van der Waals surface area contributed by atoms with E-state index in [2.05, 4.69) is 39.3 Å². The number of hydrogen-bond acceptors (Lipinski definition) is 0. The Kier molecular flexibility index (Phi) is 9.43. The molecule has 0 heterocycles. The van der Waals surface area contributed by atoms with Crippen molar-refractivity contribution in [3.8, 4) is 0 Å². The van der Waals surface area contributed by atoms with Gasteiger partial charge in [-0.1, -0.05) is 55.8 Å². The van der Waals surface area contributed by atoms with E-state index >= 15 is 0 Å². The smallest absolute Gasteiger partial charge is 0.668 e. The molecule has 0 aromatic carbocycles. The Morgan fingerprint density at radius 1 is 0.727 bits per heavy atom. The zero-order chi connectivity index (χ0) is 7.71. The summed E-state index contributed by atoms with van der Waals surface area (Å²) in [7, 11) is -2.21. The van der Waals surface area contributed by atoms with Crippen LogP contribution >= 0.6 is 0 Å². The van der Waals surface area contributed by atoms with Crippen LogP contribution in [0.15, 0.2) is 0 Å². The Morgan fingerprint density at radius 3 is 0.909 bits per heavy atom. The number of nitrogens with zero attached hydrogens (tertiary/aromatic N) is 1. The van der Waals surface area contributed by atoms with Crippen molar-refractivity contribution in [2.24, 2.45) is 0 Å². The summed E-state index contributed by atoms with van der Waals surface area (Å²) in [4.78, 5) is 0. The Morgan fingerprint density at radius 2 is 0.909 bits per heavy atom. The van der Waals surface area contributed by atoms with Crippen LogP contribution < -0.4 is 0 Å². The minimum absolute atomic E-state index is 0. The van der Waals surface area contributed by atoms with Gasteiger partial charge in [0.25, 0.3) is 0 Å². The first-order valence-electron chi connectivity index (χ1n) is 3.45. The molecular weight excluding hydrogens is 179 g/mol. The third-order valence-electron chi connectivity index (χ3n) is 0.671. The van der Waals surface area contributed by atoms with Gasteiger partial charge in [0.2, 0.25) is 0 Å². The van der Waals surface area contributed by atoms with Gasteiger partial charge in [-0.25, -0.2) is 0 Å². The van der Waals surface area contributed by atoms with Crippen molar-refractivity contribution in [3.05, 3.63) is 12.1 Å². The van der Waals surface area contributed by atoms with Gasteiger partial charge in [-0.2, -0.15) is 0 Å². The molecule has 0 fully saturated rings. The van der Waals surface area contributed by atoms with Crippen molar-refractivity contribution in [3.63, 3.8) is 0 Å². The molecule has 0 saturated carbocycles. The molecule has 0 rings (SSSR count). The fourth-order valence-corrected chi connectivity index (χ4v) is 9.06. The summed E-state index contributed by atoms with van der Waals surface area (Å²) in [6, 6.07) is 0. The molecule has 0 unspecified atom stereocenters. The third-order valence-corrected chi connectivity index (χ3v) is 6.04. The molecule has 0 aliphatic rings. The average Bonchev–Trinajstić information content (AvgIpc) is 1.14.